The van der Waals surface area contributed by atoms with Gasteiger partial charge in [0.25, 0.3) is 0 Å². The molecular weight excluding hydrogens is 310 g/mol. The van der Waals surface area contributed by atoms with Crippen LogP contribution in [0.4, 0.5) is 15.3 Å². The molecule has 3 amide bonds. The van der Waals surface area contributed by atoms with Gasteiger partial charge >= 0.3 is 12.1 Å². The van der Waals surface area contributed by atoms with Gasteiger partial charge in [0.05, 0.1) is 23.7 Å². The summed E-state index contributed by atoms with van der Waals surface area (Å²) in [5, 5.41) is 7.43. The van der Waals surface area contributed by atoms with Crippen LogP contribution in [0.1, 0.15) is 31.7 Å². The zero-order valence-electron chi connectivity index (χ0n) is 15.0. The molecule has 2 heterocycles. The second-order valence-corrected chi connectivity index (χ2v) is 5.87. The minimum absolute atomic E-state index is 0.152. The van der Waals surface area contributed by atoms with Gasteiger partial charge < -0.3 is 19.9 Å². The first-order valence-corrected chi connectivity index (χ1v) is 8.49. The summed E-state index contributed by atoms with van der Waals surface area (Å²) in [4.78, 5) is 27.5. The Balaban J connectivity index is 1.94. The fourth-order valence-corrected chi connectivity index (χ4v) is 2.80. The summed E-state index contributed by atoms with van der Waals surface area (Å²) < 4.78 is 6.91. The van der Waals surface area contributed by atoms with Crippen LogP contribution in [0.25, 0.3) is 0 Å². The van der Waals surface area contributed by atoms with Crippen LogP contribution >= 0.6 is 0 Å². The van der Waals surface area contributed by atoms with Crippen LogP contribution in [0.3, 0.4) is 0 Å². The third kappa shape index (κ3) is 3.98. The van der Waals surface area contributed by atoms with Crippen LogP contribution in [-0.2, 0) is 11.3 Å². The number of amides is 3. The van der Waals surface area contributed by atoms with Gasteiger partial charge in [0.15, 0.2) is 0 Å². The maximum Gasteiger partial charge on any atom is 0.409 e. The Labute approximate surface area is 142 Å². The summed E-state index contributed by atoms with van der Waals surface area (Å²) in [6.07, 6.45) is 0.677. The summed E-state index contributed by atoms with van der Waals surface area (Å²) in [7, 11) is 0. The lowest BCUT2D eigenvalue weighted by molar-refractivity contribution is 0.0868. The molecule has 0 aliphatic carbocycles. The van der Waals surface area contributed by atoms with Crippen LogP contribution in [0.5, 0.6) is 0 Å². The van der Waals surface area contributed by atoms with Gasteiger partial charge in [-0.15, -0.1) is 0 Å². The minimum atomic E-state index is -0.315. The number of carbonyl (C=O) groups is 2. The minimum Gasteiger partial charge on any atom is -0.450 e. The number of nitrogens with one attached hydrogen (secondary N) is 1. The van der Waals surface area contributed by atoms with E-state index in [1.165, 1.54) is 0 Å². The van der Waals surface area contributed by atoms with Crippen molar-refractivity contribution in [1.29, 1.82) is 0 Å². The number of piperazine rings is 1. The van der Waals surface area contributed by atoms with Crippen molar-refractivity contribution < 1.29 is 14.3 Å². The summed E-state index contributed by atoms with van der Waals surface area (Å²) >= 11 is 0. The Morgan fingerprint density at radius 3 is 2.33 bits per heavy atom. The highest BCUT2D eigenvalue weighted by molar-refractivity contribution is 5.90. The van der Waals surface area contributed by atoms with Crippen LogP contribution in [0.2, 0.25) is 0 Å². The van der Waals surface area contributed by atoms with Gasteiger partial charge in [-0.05, 0) is 27.2 Å². The van der Waals surface area contributed by atoms with Gasteiger partial charge in [0.2, 0.25) is 0 Å². The predicted molar refractivity (Wildman–Crippen MR) is 91.2 cm³/mol. The fourth-order valence-electron chi connectivity index (χ4n) is 2.80. The summed E-state index contributed by atoms with van der Waals surface area (Å²) in [6.45, 7) is 10.9. The molecule has 8 nitrogen and oxygen atoms in total. The maximum absolute atomic E-state index is 12.5. The lowest BCUT2D eigenvalue weighted by Crippen LogP contribution is -2.51. The summed E-state index contributed by atoms with van der Waals surface area (Å²) in [6, 6.07) is -0.152. The van der Waals surface area contributed by atoms with Crippen LogP contribution in [0.15, 0.2) is 0 Å². The van der Waals surface area contributed by atoms with Gasteiger partial charge in [-0.1, -0.05) is 6.92 Å². The molecule has 0 unspecified atom stereocenters. The number of carbonyl (C=O) groups excluding carboxylic acids is 2. The van der Waals surface area contributed by atoms with Crippen molar-refractivity contribution in [2.24, 2.45) is 0 Å². The molecule has 0 spiro atoms. The monoisotopic (exact) mass is 337 g/mol. The van der Waals surface area contributed by atoms with E-state index < -0.39 is 0 Å². The van der Waals surface area contributed by atoms with E-state index in [9.17, 15) is 9.59 Å². The third-order valence-electron chi connectivity index (χ3n) is 4.14. The normalized spacial score (nSPS) is 14.7. The Morgan fingerprint density at radius 1 is 1.12 bits per heavy atom. The SMILES string of the molecule is CCCn1nc(C)c(NC(=O)N2CCN(C(=O)OCC)CC2)c1C. The number of nitrogens with zero attached hydrogens (tertiary/aromatic N) is 4. The number of aryl methyl sites for hydroxylation is 2. The van der Waals surface area contributed by atoms with Gasteiger partial charge in [0.1, 0.15) is 0 Å². The quantitative estimate of drug-likeness (QED) is 0.913. The number of hydrogen-bond donors (Lipinski definition) is 1. The van der Waals surface area contributed by atoms with Gasteiger partial charge in [-0.2, -0.15) is 5.10 Å². The zero-order valence-corrected chi connectivity index (χ0v) is 15.0. The molecular formula is C16H27N5O3. The van der Waals surface area contributed by atoms with Crippen molar-refractivity contribution in [2.45, 2.75) is 40.7 Å². The first-order valence-electron chi connectivity index (χ1n) is 8.49. The number of anilines is 1. The molecule has 0 radical (unpaired) electrons. The lowest BCUT2D eigenvalue weighted by Gasteiger charge is -2.34. The van der Waals surface area contributed by atoms with Gasteiger partial charge in [-0.3, -0.25) is 4.68 Å². The molecule has 1 aromatic rings. The Morgan fingerprint density at radius 2 is 1.75 bits per heavy atom. The maximum atomic E-state index is 12.5. The highest BCUT2D eigenvalue weighted by Gasteiger charge is 2.25. The number of urea groups is 1. The van der Waals surface area contributed by atoms with Crippen LogP contribution in [-0.4, -0.2) is 64.5 Å². The van der Waals surface area contributed by atoms with E-state index in [0.717, 1.165) is 30.0 Å². The Bertz CT molecular complexity index is 591. The molecule has 0 bridgehead atoms. The molecule has 1 aliphatic heterocycles. The van der Waals surface area contributed by atoms with E-state index in [4.69, 9.17) is 4.74 Å². The highest BCUT2D eigenvalue weighted by Crippen LogP contribution is 2.20. The first-order chi connectivity index (χ1) is 11.5. The molecule has 1 fully saturated rings. The van der Waals surface area contributed by atoms with E-state index >= 15 is 0 Å². The lowest BCUT2D eigenvalue weighted by atomic mass is 10.3. The predicted octanol–water partition coefficient (Wildman–Crippen LogP) is 2.22. The Hall–Kier alpha value is -2.25. The van der Waals surface area contributed by atoms with E-state index in [2.05, 4.69) is 17.3 Å². The van der Waals surface area contributed by atoms with E-state index in [-0.39, 0.29) is 12.1 Å². The summed E-state index contributed by atoms with van der Waals surface area (Å²) in [5.41, 5.74) is 2.56. The molecule has 134 valence electrons. The standard InChI is InChI=1S/C16H27N5O3/c1-5-7-21-13(4)14(12(3)18-21)17-15(22)19-8-10-20(11-9-19)16(23)24-6-2/h5-11H2,1-4H3,(H,17,22). The van der Waals surface area contributed by atoms with E-state index in [0.29, 0.717) is 32.8 Å². The average molecular weight is 337 g/mol. The number of hydrogen-bond acceptors (Lipinski definition) is 4. The number of ether oxygens (including phenoxy) is 1. The van der Waals surface area contributed by atoms with E-state index in [1.807, 2.05) is 18.5 Å². The molecule has 1 aromatic heterocycles. The smallest absolute Gasteiger partial charge is 0.409 e. The van der Waals surface area contributed by atoms with Crippen LogP contribution < -0.4 is 5.32 Å². The second-order valence-electron chi connectivity index (χ2n) is 5.87. The number of aromatic nitrogens is 2. The van der Waals surface area contributed by atoms with Crippen molar-refractivity contribution in [3.8, 4) is 0 Å². The molecule has 8 heteroatoms. The number of rotatable bonds is 4. The topological polar surface area (TPSA) is 79.7 Å². The van der Waals surface area contributed by atoms with E-state index in [1.54, 1.807) is 16.7 Å². The molecule has 0 atom stereocenters. The molecule has 0 aromatic carbocycles. The van der Waals surface area contributed by atoms with Crippen molar-refractivity contribution in [3.05, 3.63) is 11.4 Å². The fraction of sp³-hybridized carbons (Fsp3) is 0.688. The van der Waals surface area contributed by atoms with Crippen molar-refractivity contribution >= 4 is 17.8 Å². The molecule has 1 N–H and O–H groups in total. The van der Waals surface area contributed by atoms with Gasteiger partial charge in [-0.25, -0.2) is 9.59 Å². The third-order valence-corrected chi connectivity index (χ3v) is 4.14. The molecule has 1 saturated heterocycles. The zero-order chi connectivity index (χ0) is 17.7. The Kier molecular flexibility index (Phi) is 6.05. The molecule has 0 saturated carbocycles. The molecule has 24 heavy (non-hydrogen) atoms. The van der Waals surface area contributed by atoms with Crippen molar-refractivity contribution in [1.82, 2.24) is 19.6 Å². The van der Waals surface area contributed by atoms with Crippen LogP contribution in [0, 0.1) is 13.8 Å². The second kappa shape index (κ2) is 8.03. The molecule has 2 rings (SSSR count). The molecule has 1 aliphatic rings. The van der Waals surface area contributed by atoms with Gasteiger partial charge in [0, 0.05) is 32.7 Å². The highest BCUT2D eigenvalue weighted by atomic mass is 16.6. The first kappa shape index (κ1) is 18.1. The van der Waals surface area contributed by atoms with Crippen molar-refractivity contribution in [2.75, 3.05) is 38.1 Å². The largest absolute Gasteiger partial charge is 0.450 e. The van der Waals surface area contributed by atoms with Crippen molar-refractivity contribution in [3.63, 3.8) is 0 Å². The average Bonchev–Trinajstić information content (AvgIpc) is 2.83. The summed E-state index contributed by atoms with van der Waals surface area (Å²) in [5.74, 6) is 0.